The van der Waals surface area contributed by atoms with Crippen molar-refractivity contribution in [3.63, 3.8) is 0 Å². The zero-order valence-electron chi connectivity index (χ0n) is 17.5. The molecule has 0 saturated carbocycles. The number of aromatic nitrogens is 2. The van der Waals surface area contributed by atoms with Crippen molar-refractivity contribution in [2.75, 3.05) is 7.11 Å². The van der Waals surface area contributed by atoms with Gasteiger partial charge in [-0.25, -0.2) is 0 Å². The van der Waals surface area contributed by atoms with Crippen molar-refractivity contribution in [1.82, 2.24) is 14.9 Å². The molecule has 32 heavy (non-hydrogen) atoms. The van der Waals surface area contributed by atoms with Crippen LogP contribution in [0, 0.1) is 5.92 Å². The van der Waals surface area contributed by atoms with Crippen LogP contribution in [-0.4, -0.2) is 39.8 Å². The zero-order valence-corrected chi connectivity index (χ0v) is 18.3. The molecule has 3 atom stereocenters. The molecule has 6 rings (SSSR count). The second-order valence-corrected chi connectivity index (χ2v) is 9.12. The summed E-state index contributed by atoms with van der Waals surface area (Å²) in [4.78, 5) is 35.0. The molecule has 2 aromatic heterocycles. The Morgan fingerprint density at radius 2 is 2.00 bits per heavy atom. The van der Waals surface area contributed by atoms with Gasteiger partial charge in [0.15, 0.2) is 5.78 Å². The smallest absolute Gasteiger partial charge is 0.316 e. The summed E-state index contributed by atoms with van der Waals surface area (Å²) in [6, 6.07) is 13.5. The number of hydrogen-bond acceptors (Lipinski definition) is 4. The predicted octanol–water partition coefficient (Wildman–Crippen LogP) is 4.53. The number of ketones is 1. The molecule has 2 aliphatic rings. The van der Waals surface area contributed by atoms with Crippen LogP contribution in [0.1, 0.15) is 29.3 Å². The van der Waals surface area contributed by atoms with Crippen LogP contribution < -0.4 is 0 Å². The van der Waals surface area contributed by atoms with E-state index < -0.39 is 11.9 Å². The first-order chi connectivity index (χ1) is 15.5. The quantitative estimate of drug-likeness (QED) is 0.357. The van der Waals surface area contributed by atoms with E-state index in [1.807, 2.05) is 36.5 Å². The van der Waals surface area contributed by atoms with E-state index in [-0.39, 0.29) is 17.9 Å². The fourth-order valence-corrected chi connectivity index (χ4v) is 5.73. The average Bonchev–Trinajstić information content (AvgIpc) is 3.37. The predicted molar refractivity (Wildman–Crippen MR) is 123 cm³/mol. The van der Waals surface area contributed by atoms with Crippen molar-refractivity contribution >= 4 is 45.2 Å². The Bertz CT molecular complexity index is 1390. The lowest BCUT2D eigenvalue weighted by Crippen LogP contribution is -2.56. The number of ether oxygens (including phenoxy) is 1. The summed E-state index contributed by atoms with van der Waals surface area (Å²) in [6.07, 6.45) is 2.97. The van der Waals surface area contributed by atoms with Gasteiger partial charge in [-0.15, -0.1) is 0 Å². The Hall–Kier alpha value is -3.09. The van der Waals surface area contributed by atoms with E-state index in [1.165, 1.54) is 12.7 Å². The summed E-state index contributed by atoms with van der Waals surface area (Å²) < 4.78 is 4.98. The normalized spacial score (nSPS) is 22.9. The highest BCUT2D eigenvalue weighted by Gasteiger charge is 2.50. The van der Waals surface area contributed by atoms with Crippen LogP contribution in [0.2, 0.25) is 5.02 Å². The first kappa shape index (κ1) is 19.6. The average molecular weight is 448 g/mol. The maximum Gasteiger partial charge on any atom is 0.316 e. The van der Waals surface area contributed by atoms with Gasteiger partial charge in [-0.1, -0.05) is 29.8 Å². The lowest BCUT2D eigenvalue weighted by Gasteiger charge is -2.46. The molecule has 2 aliphatic heterocycles. The summed E-state index contributed by atoms with van der Waals surface area (Å²) in [5.41, 5.74) is 5.44. The molecular formula is C25H22ClN3O3. The maximum absolute atomic E-state index is 13.5. The Balaban J connectivity index is 1.47. The Labute approximate surface area is 189 Å². The number of benzene rings is 2. The lowest BCUT2D eigenvalue weighted by atomic mass is 9.76. The number of piperidine rings is 1. The van der Waals surface area contributed by atoms with Crippen LogP contribution >= 0.6 is 11.6 Å². The summed E-state index contributed by atoms with van der Waals surface area (Å²) in [6.45, 7) is 0.587. The van der Waals surface area contributed by atoms with Crippen LogP contribution in [0.3, 0.4) is 0 Å². The molecule has 7 heteroatoms. The minimum absolute atomic E-state index is 0.0538. The largest absolute Gasteiger partial charge is 0.468 e. The fraction of sp³-hybridized carbons (Fsp3) is 0.280. The topological polar surface area (TPSA) is 78.2 Å². The number of Topliss-reactive ketones (excluding diaryl/α,β-unsaturated/α-hetero) is 1. The minimum Gasteiger partial charge on any atom is -0.468 e. The number of nitrogens with zero attached hydrogens (tertiary/aromatic N) is 1. The molecule has 6 nitrogen and oxygen atoms in total. The number of hydrogen-bond donors (Lipinski definition) is 2. The third-order valence-electron chi connectivity index (χ3n) is 7.08. The van der Waals surface area contributed by atoms with Crippen LogP contribution in [0.15, 0.2) is 48.7 Å². The molecule has 2 N–H and O–H groups in total. The van der Waals surface area contributed by atoms with Crippen molar-refractivity contribution in [1.29, 1.82) is 0 Å². The Morgan fingerprint density at radius 3 is 2.84 bits per heavy atom. The third kappa shape index (κ3) is 2.83. The maximum atomic E-state index is 13.5. The number of fused-ring (bicyclic) bond motifs is 7. The van der Waals surface area contributed by atoms with Crippen molar-refractivity contribution in [3.8, 4) is 0 Å². The minimum atomic E-state index is -0.733. The highest BCUT2D eigenvalue weighted by atomic mass is 35.5. The van der Waals surface area contributed by atoms with Crippen LogP contribution in [0.4, 0.5) is 0 Å². The number of carbonyl (C=O) groups is 2. The van der Waals surface area contributed by atoms with E-state index in [0.717, 1.165) is 33.1 Å². The number of rotatable bonds is 3. The second kappa shape index (κ2) is 7.22. The van der Waals surface area contributed by atoms with Gasteiger partial charge in [-0.2, -0.15) is 0 Å². The Kier molecular flexibility index (Phi) is 4.42. The number of aromatic amines is 2. The highest BCUT2D eigenvalue weighted by molar-refractivity contribution is 6.31. The van der Waals surface area contributed by atoms with Gasteiger partial charge >= 0.3 is 5.97 Å². The van der Waals surface area contributed by atoms with Gasteiger partial charge in [0.2, 0.25) is 0 Å². The van der Waals surface area contributed by atoms with Gasteiger partial charge in [-0.05, 0) is 48.2 Å². The molecule has 0 aliphatic carbocycles. The molecule has 2 bridgehead atoms. The van der Waals surface area contributed by atoms with E-state index in [0.29, 0.717) is 24.4 Å². The van der Waals surface area contributed by atoms with Gasteiger partial charge < -0.3 is 14.7 Å². The van der Waals surface area contributed by atoms with Crippen LogP contribution in [0.25, 0.3) is 21.8 Å². The fourth-order valence-electron chi connectivity index (χ4n) is 5.56. The number of methoxy groups -OCH3 is 1. The van der Waals surface area contributed by atoms with Crippen molar-refractivity contribution in [3.05, 3.63) is 70.5 Å². The number of carbonyl (C=O) groups excluding carboxylic acids is 2. The van der Waals surface area contributed by atoms with Crippen LogP contribution in [-0.2, 0) is 27.3 Å². The standard InChI is InChI=1S/C25H22ClN3O3/c1-32-25(31)18-10-21-23-17(15-4-2-3-5-20(15)28-23)9-22(24(18)30)29(21)12-13-11-27-19-7-6-14(26)8-16(13)19/h2-8,11,18,21-22,27-28H,9-10,12H2,1H3. The molecule has 3 unspecified atom stereocenters. The SMILES string of the molecule is COC(=O)C1CC2c3[nH]c4ccccc4c3CC(C1=O)N2Cc1c[nH]c2ccc(Cl)cc12. The molecule has 1 fully saturated rings. The molecular weight excluding hydrogens is 426 g/mol. The molecule has 4 heterocycles. The molecule has 162 valence electrons. The van der Waals surface area contributed by atoms with Crippen molar-refractivity contribution < 1.29 is 14.3 Å². The van der Waals surface area contributed by atoms with E-state index in [9.17, 15) is 9.59 Å². The summed E-state index contributed by atoms with van der Waals surface area (Å²) in [7, 11) is 1.35. The van der Waals surface area contributed by atoms with Gasteiger partial charge in [0.1, 0.15) is 5.92 Å². The molecule has 0 radical (unpaired) electrons. The van der Waals surface area contributed by atoms with Gasteiger partial charge in [-0.3, -0.25) is 14.5 Å². The number of esters is 1. The number of halogens is 1. The summed E-state index contributed by atoms with van der Waals surface area (Å²) in [5.74, 6) is -1.23. The highest BCUT2D eigenvalue weighted by Crippen LogP contribution is 2.46. The number of H-pyrrole nitrogens is 2. The molecule has 0 amide bonds. The molecule has 1 saturated heterocycles. The number of nitrogens with one attached hydrogen (secondary N) is 2. The van der Waals surface area contributed by atoms with Crippen LogP contribution in [0.5, 0.6) is 0 Å². The van der Waals surface area contributed by atoms with Gasteiger partial charge in [0, 0.05) is 45.3 Å². The van der Waals surface area contributed by atoms with Gasteiger partial charge in [0.25, 0.3) is 0 Å². The number of para-hydroxylation sites is 1. The van der Waals surface area contributed by atoms with E-state index in [4.69, 9.17) is 16.3 Å². The molecule has 2 aromatic carbocycles. The van der Waals surface area contributed by atoms with E-state index >= 15 is 0 Å². The summed E-state index contributed by atoms with van der Waals surface area (Å²) >= 11 is 6.25. The van der Waals surface area contributed by atoms with E-state index in [2.05, 4.69) is 27.0 Å². The molecule has 4 aromatic rings. The molecule has 0 spiro atoms. The van der Waals surface area contributed by atoms with Gasteiger partial charge in [0.05, 0.1) is 19.2 Å². The first-order valence-corrected chi connectivity index (χ1v) is 11.1. The third-order valence-corrected chi connectivity index (χ3v) is 7.31. The Morgan fingerprint density at radius 1 is 1.16 bits per heavy atom. The lowest BCUT2D eigenvalue weighted by molar-refractivity contribution is -0.156. The first-order valence-electron chi connectivity index (χ1n) is 10.8. The zero-order chi connectivity index (χ0) is 22.0. The second-order valence-electron chi connectivity index (χ2n) is 8.69. The monoisotopic (exact) mass is 447 g/mol. The van der Waals surface area contributed by atoms with E-state index in [1.54, 1.807) is 0 Å². The summed E-state index contributed by atoms with van der Waals surface area (Å²) in [5, 5.41) is 2.88. The van der Waals surface area contributed by atoms with Crippen molar-refractivity contribution in [2.24, 2.45) is 5.92 Å². The van der Waals surface area contributed by atoms with Crippen molar-refractivity contribution in [2.45, 2.75) is 31.5 Å².